The Labute approximate surface area is 605 Å². The molecule has 0 aromatic rings. The highest BCUT2D eigenvalue weighted by Gasteiger charge is 2.30. The molecular formula is C81H136O17P2. The maximum Gasteiger partial charge on any atom is 0.472 e. The Bertz CT molecular complexity index is 2420. The molecule has 17 nitrogen and oxygen atoms in total. The highest BCUT2D eigenvalue weighted by molar-refractivity contribution is 7.47. The minimum absolute atomic E-state index is 0.0697. The van der Waals surface area contributed by atoms with Gasteiger partial charge in [-0.3, -0.25) is 37.3 Å². The number of hydrogen-bond acceptors (Lipinski definition) is 15. The first kappa shape index (κ1) is 95.2. The van der Waals surface area contributed by atoms with Crippen LogP contribution < -0.4 is 0 Å². The van der Waals surface area contributed by atoms with E-state index in [-0.39, 0.29) is 25.7 Å². The van der Waals surface area contributed by atoms with E-state index in [0.717, 1.165) is 199 Å². The number of unbranched alkanes of at least 4 members (excludes halogenated alkanes) is 23. The van der Waals surface area contributed by atoms with Crippen molar-refractivity contribution in [3.8, 4) is 0 Å². The quantitative estimate of drug-likeness (QED) is 0.0169. The lowest BCUT2D eigenvalue weighted by Gasteiger charge is -2.21. The summed E-state index contributed by atoms with van der Waals surface area (Å²) in [5.74, 6) is -2.25. The third-order valence-electron chi connectivity index (χ3n) is 15.6. The second kappa shape index (κ2) is 72.5. The fourth-order valence-corrected chi connectivity index (χ4v) is 11.3. The van der Waals surface area contributed by atoms with E-state index in [9.17, 15) is 43.2 Å². The molecule has 0 amide bonds. The van der Waals surface area contributed by atoms with Crippen LogP contribution in [-0.2, 0) is 65.4 Å². The number of phosphoric acid groups is 2. The number of rotatable bonds is 71. The first-order chi connectivity index (χ1) is 48.7. The van der Waals surface area contributed by atoms with Gasteiger partial charge in [0.1, 0.15) is 19.3 Å². The van der Waals surface area contributed by atoms with Gasteiger partial charge in [0.2, 0.25) is 0 Å². The zero-order chi connectivity index (χ0) is 73.2. The van der Waals surface area contributed by atoms with E-state index in [1.165, 1.54) is 19.3 Å². The van der Waals surface area contributed by atoms with Crippen LogP contribution in [0.5, 0.6) is 0 Å². The van der Waals surface area contributed by atoms with Crippen LogP contribution in [0.15, 0.2) is 134 Å². The minimum atomic E-state index is -4.99. The molecule has 0 bridgehead atoms. The highest BCUT2D eigenvalue weighted by atomic mass is 31.2. The molecule has 0 spiro atoms. The topological polar surface area (TPSA) is 237 Å². The molecule has 5 unspecified atom stereocenters. The minimum Gasteiger partial charge on any atom is -0.462 e. The predicted octanol–water partition coefficient (Wildman–Crippen LogP) is 22.1. The molecule has 3 N–H and O–H groups in total. The monoisotopic (exact) mass is 1440 g/mol. The van der Waals surface area contributed by atoms with E-state index in [1.807, 2.05) is 0 Å². The van der Waals surface area contributed by atoms with Gasteiger partial charge in [0.25, 0.3) is 0 Å². The lowest BCUT2D eigenvalue weighted by Crippen LogP contribution is -2.30. The molecule has 0 fully saturated rings. The molecule has 572 valence electrons. The largest absolute Gasteiger partial charge is 0.472 e. The van der Waals surface area contributed by atoms with Crippen LogP contribution >= 0.6 is 15.6 Å². The van der Waals surface area contributed by atoms with Gasteiger partial charge >= 0.3 is 39.5 Å². The van der Waals surface area contributed by atoms with E-state index in [4.69, 9.17) is 37.0 Å². The third kappa shape index (κ3) is 71.6. The molecule has 0 radical (unpaired) electrons. The van der Waals surface area contributed by atoms with Crippen LogP contribution in [0.2, 0.25) is 0 Å². The lowest BCUT2D eigenvalue weighted by atomic mass is 10.1. The number of carbonyl (C=O) groups is 4. The fourth-order valence-electron chi connectivity index (χ4n) is 9.76. The second-order valence-electron chi connectivity index (χ2n) is 25.2. The Kier molecular flexibility index (Phi) is 69.1. The lowest BCUT2D eigenvalue weighted by molar-refractivity contribution is -0.161. The highest BCUT2D eigenvalue weighted by Crippen LogP contribution is 2.45. The van der Waals surface area contributed by atoms with E-state index < -0.39 is 97.5 Å². The Morgan fingerprint density at radius 3 is 0.840 bits per heavy atom. The van der Waals surface area contributed by atoms with Crippen LogP contribution in [0.3, 0.4) is 0 Å². The van der Waals surface area contributed by atoms with Crippen molar-refractivity contribution in [2.45, 2.75) is 316 Å². The molecule has 100 heavy (non-hydrogen) atoms. The van der Waals surface area contributed by atoms with Gasteiger partial charge in [-0.15, -0.1) is 0 Å². The van der Waals surface area contributed by atoms with Gasteiger partial charge in [-0.05, 0) is 154 Å². The molecule has 0 heterocycles. The maximum atomic E-state index is 13.1. The summed E-state index contributed by atoms with van der Waals surface area (Å²) in [7, 11) is -9.98. The summed E-state index contributed by atoms with van der Waals surface area (Å²) in [6.07, 6.45) is 80.1. The Morgan fingerprint density at radius 2 is 0.540 bits per heavy atom. The van der Waals surface area contributed by atoms with Gasteiger partial charge in [0.15, 0.2) is 12.2 Å². The molecule has 0 aliphatic carbocycles. The third-order valence-corrected chi connectivity index (χ3v) is 17.5. The maximum absolute atomic E-state index is 13.1. The molecular weight excluding hydrogens is 1310 g/mol. The van der Waals surface area contributed by atoms with Gasteiger partial charge in [0.05, 0.1) is 26.4 Å². The second-order valence-corrected chi connectivity index (χ2v) is 28.1. The fraction of sp³-hybridized carbons (Fsp3) is 0.679. The average Bonchev–Trinajstić information content (AvgIpc) is 1.06. The summed E-state index contributed by atoms with van der Waals surface area (Å²) in [4.78, 5) is 72.9. The van der Waals surface area contributed by atoms with Crippen LogP contribution in [0.4, 0.5) is 0 Å². The molecule has 0 aliphatic heterocycles. The summed E-state index contributed by atoms with van der Waals surface area (Å²) in [6, 6.07) is 0. The number of aliphatic hydroxyl groups excluding tert-OH is 1. The van der Waals surface area contributed by atoms with Crippen LogP contribution in [-0.4, -0.2) is 96.7 Å². The number of carbonyl (C=O) groups excluding carboxylic acids is 4. The van der Waals surface area contributed by atoms with Crippen molar-refractivity contribution in [1.82, 2.24) is 0 Å². The molecule has 0 aromatic heterocycles. The Hall–Kier alpha value is -4.80. The van der Waals surface area contributed by atoms with Gasteiger partial charge in [-0.2, -0.15) is 0 Å². The van der Waals surface area contributed by atoms with Crippen molar-refractivity contribution in [2.75, 3.05) is 39.6 Å². The summed E-state index contributed by atoms with van der Waals surface area (Å²) in [5.41, 5.74) is 0. The van der Waals surface area contributed by atoms with Crippen LogP contribution in [0, 0.1) is 0 Å². The molecule has 0 aromatic carbocycles. The van der Waals surface area contributed by atoms with Crippen LogP contribution in [0.1, 0.15) is 297 Å². The molecule has 0 saturated heterocycles. The van der Waals surface area contributed by atoms with Gasteiger partial charge in [-0.25, -0.2) is 9.13 Å². The van der Waals surface area contributed by atoms with Gasteiger partial charge in [-0.1, -0.05) is 251 Å². The number of allylic oxidation sites excluding steroid dienone is 22. The SMILES string of the molecule is CC/C=C\C/C=C\C/C=C\C/C=C\CCCCCCC(=O)OCC(COP(=O)(O)OCC(O)COP(=O)(O)OCC(COC(=O)CCCCCCC/C=C\C/C=C\C/C=C\CC)OC(=O)CCCCCCC/C=C\C/C=C\CCC)OC(=O)CCCCCCC/C=C\C/C=C\CCCCC. The summed E-state index contributed by atoms with van der Waals surface area (Å²) in [5, 5.41) is 10.6. The van der Waals surface area contributed by atoms with Crippen LogP contribution in [0.25, 0.3) is 0 Å². The van der Waals surface area contributed by atoms with Crippen molar-refractivity contribution in [1.29, 1.82) is 0 Å². The number of esters is 4. The summed E-state index contributed by atoms with van der Waals surface area (Å²) < 4.78 is 68.5. The van der Waals surface area contributed by atoms with Crippen molar-refractivity contribution in [2.24, 2.45) is 0 Å². The normalized spacial score (nSPS) is 14.7. The first-order valence-corrected chi connectivity index (χ1v) is 41.4. The van der Waals surface area contributed by atoms with Crippen molar-refractivity contribution in [3.05, 3.63) is 134 Å². The van der Waals surface area contributed by atoms with Crippen molar-refractivity contribution in [3.63, 3.8) is 0 Å². The van der Waals surface area contributed by atoms with Crippen molar-refractivity contribution >= 4 is 39.5 Å². The number of aliphatic hydroxyl groups is 1. The average molecular weight is 1440 g/mol. The van der Waals surface area contributed by atoms with Crippen molar-refractivity contribution < 1.29 is 80.2 Å². The Balaban J connectivity index is 5.41. The van der Waals surface area contributed by atoms with Gasteiger partial charge in [0, 0.05) is 25.7 Å². The number of hydrogen-bond donors (Lipinski definition) is 3. The molecule has 0 rings (SSSR count). The molecule has 0 aliphatic rings. The van der Waals surface area contributed by atoms with E-state index in [0.29, 0.717) is 25.7 Å². The first-order valence-electron chi connectivity index (χ1n) is 38.4. The zero-order valence-electron chi connectivity index (χ0n) is 62.3. The predicted molar refractivity (Wildman–Crippen MR) is 408 cm³/mol. The molecule has 19 heteroatoms. The van der Waals surface area contributed by atoms with Gasteiger partial charge < -0.3 is 33.8 Å². The Morgan fingerprint density at radius 1 is 0.290 bits per heavy atom. The molecule has 5 atom stereocenters. The van der Waals surface area contributed by atoms with E-state index >= 15 is 0 Å². The zero-order valence-corrected chi connectivity index (χ0v) is 64.1. The number of ether oxygens (including phenoxy) is 4. The smallest absolute Gasteiger partial charge is 0.462 e. The standard InChI is InChI=1S/C81H136O17P2/c1-5-9-13-17-21-25-29-33-36-37-40-43-46-50-54-58-62-66-79(84)92-72-77(98-81(86)68-64-60-56-52-48-44-39-35-31-27-23-19-15-11-7-3)74-96-100(89,90)94-70-75(82)69-93-99(87,88)95-73-76(97-80(85)67-63-59-55-51-47-41-32-28-24-20-16-12-8-4)71-91-78(83)65-61-57-53-49-45-42-38-34-30-26-22-18-14-10-6-2/h9-10,13-14,16,20-23,25-28,32-36,38-40,43,75-77,82H,5-8,11-12,15,17-19,24,29-31,37,41-42,44-74H2,1-4H3,(H,87,88)(H,89,90)/b13-9-,14-10-,20-16-,25-21-,26-22-,27-23-,32-28-,36-33-,38-34-,39-35-,43-40-. The molecule has 0 saturated carbocycles. The van der Waals surface area contributed by atoms with E-state index in [2.05, 4.69) is 161 Å². The van der Waals surface area contributed by atoms with E-state index in [1.54, 1.807) is 0 Å². The summed E-state index contributed by atoms with van der Waals surface area (Å²) >= 11 is 0. The summed E-state index contributed by atoms with van der Waals surface area (Å²) in [6.45, 7) is 4.47. The number of phosphoric ester groups is 2.